The smallest absolute Gasteiger partial charge is 0.281 e. The van der Waals surface area contributed by atoms with Crippen LogP contribution in [0.25, 0.3) is 11.1 Å². The molecule has 9 heteroatoms. The van der Waals surface area contributed by atoms with Crippen LogP contribution >= 0.6 is 0 Å². The fourth-order valence-corrected chi connectivity index (χ4v) is 5.37. The summed E-state index contributed by atoms with van der Waals surface area (Å²) in [6, 6.07) is 3.99. The SMILES string of the molecule is CCN(CC)S(=O)(=O)N1CCC[C@@H](c2cc(-c3cnc(N)nc3)cc(C)n2)C1. The van der Waals surface area contributed by atoms with E-state index in [9.17, 15) is 8.42 Å². The zero-order chi connectivity index (χ0) is 20.3. The zero-order valence-electron chi connectivity index (χ0n) is 16.7. The number of hydrogen-bond donors (Lipinski definition) is 1. The molecule has 0 amide bonds. The van der Waals surface area contributed by atoms with E-state index in [2.05, 4.69) is 9.97 Å². The van der Waals surface area contributed by atoms with Crippen LogP contribution in [0, 0.1) is 6.92 Å². The van der Waals surface area contributed by atoms with E-state index < -0.39 is 10.2 Å². The van der Waals surface area contributed by atoms with E-state index in [4.69, 9.17) is 10.7 Å². The van der Waals surface area contributed by atoms with Gasteiger partial charge in [0.2, 0.25) is 5.95 Å². The Bertz CT molecular complexity index is 913. The third-order valence-electron chi connectivity index (χ3n) is 5.14. The minimum absolute atomic E-state index is 0.0624. The molecular formula is C19H28N6O2S. The molecule has 1 saturated heterocycles. The molecular weight excluding hydrogens is 376 g/mol. The first-order valence-corrected chi connectivity index (χ1v) is 11.1. The van der Waals surface area contributed by atoms with Crippen molar-refractivity contribution in [1.82, 2.24) is 23.6 Å². The molecule has 1 aliphatic rings. The maximum atomic E-state index is 12.9. The van der Waals surface area contributed by atoms with Gasteiger partial charge in [-0.25, -0.2) is 9.97 Å². The molecule has 0 spiro atoms. The molecule has 2 aromatic heterocycles. The fraction of sp³-hybridized carbons (Fsp3) is 0.526. The summed E-state index contributed by atoms with van der Waals surface area (Å²) in [7, 11) is -3.44. The number of anilines is 1. The van der Waals surface area contributed by atoms with Crippen molar-refractivity contribution in [3.05, 3.63) is 35.9 Å². The van der Waals surface area contributed by atoms with Crippen LogP contribution in [0.5, 0.6) is 0 Å². The Balaban J connectivity index is 1.88. The second-order valence-corrected chi connectivity index (χ2v) is 8.97. The highest BCUT2D eigenvalue weighted by Gasteiger charge is 2.33. The van der Waals surface area contributed by atoms with Gasteiger partial charge in [-0.2, -0.15) is 17.0 Å². The summed E-state index contributed by atoms with van der Waals surface area (Å²) in [5.41, 5.74) is 9.20. The van der Waals surface area contributed by atoms with Gasteiger partial charge in [0.1, 0.15) is 0 Å². The van der Waals surface area contributed by atoms with Crippen LogP contribution in [0.15, 0.2) is 24.5 Å². The van der Waals surface area contributed by atoms with Gasteiger partial charge < -0.3 is 5.73 Å². The molecule has 1 atom stereocenters. The second-order valence-electron chi connectivity index (χ2n) is 7.04. The summed E-state index contributed by atoms with van der Waals surface area (Å²) < 4.78 is 28.9. The number of pyridine rings is 1. The molecule has 0 bridgehead atoms. The third-order valence-corrected chi connectivity index (χ3v) is 7.29. The molecule has 0 saturated carbocycles. The number of aryl methyl sites for hydroxylation is 1. The minimum Gasteiger partial charge on any atom is -0.368 e. The van der Waals surface area contributed by atoms with Crippen molar-refractivity contribution >= 4 is 16.2 Å². The predicted octanol–water partition coefficient (Wildman–Crippen LogP) is 2.20. The topological polar surface area (TPSA) is 105 Å². The van der Waals surface area contributed by atoms with Crippen LogP contribution in [0.3, 0.4) is 0 Å². The molecule has 1 aliphatic heterocycles. The average Bonchev–Trinajstić information content (AvgIpc) is 2.69. The van der Waals surface area contributed by atoms with Gasteiger partial charge in [-0.05, 0) is 37.5 Å². The summed E-state index contributed by atoms with van der Waals surface area (Å²) in [6.45, 7) is 7.64. The number of nitrogen functional groups attached to an aromatic ring is 1. The molecule has 0 radical (unpaired) electrons. The van der Waals surface area contributed by atoms with Gasteiger partial charge in [-0.15, -0.1) is 0 Å². The number of nitrogens with two attached hydrogens (primary N) is 1. The Labute approximate surface area is 167 Å². The van der Waals surface area contributed by atoms with Gasteiger partial charge in [0, 0.05) is 61.4 Å². The minimum atomic E-state index is -3.44. The van der Waals surface area contributed by atoms with Gasteiger partial charge in [-0.1, -0.05) is 13.8 Å². The Kier molecular flexibility index (Phi) is 6.26. The Morgan fingerprint density at radius 2 is 1.86 bits per heavy atom. The van der Waals surface area contributed by atoms with Crippen molar-refractivity contribution < 1.29 is 8.42 Å². The standard InChI is InChI=1S/C19H28N6O2S/c1-4-24(5-2)28(26,27)25-8-6-7-15(13-25)18-10-16(9-14(3)23-18)17-11-21-19(20)22-12-17/h9-12,15H,4-8,13H2,1-3H3,(H2,20,21,22)/t15-/m1/s1. The van der Waals surface area contributed by atoms with Crippen molar-refractivity contribution in [3.63, 3.8) is 0 Å². The number of nitrogens with zero attached hydrogens (tertiary/aromatic N) is 5. The van der Waals surface area contributed by atoms with Crippen molar-refractivity contribution in [3.8, 4) is 11.1 Å². The molecule has 0 unspecified atom stereocenters. The van der Waals surface area contributed by atoms with Crippen LogP contribution in [-0.4, -0.2) is 58.2 Å². The highest BCUT2D eigenvalue weighted by atomic mass is 32.2. The van der Waals surface area contributed by atoms with E-state index in [0.717, 1.165) is 35.4 Å². The Hall–Kier alpha value is -2.10. The molecule has 0 aliphatic carbocycles. The molecule has 0 aromatic carbocycles. The number of piperidine rings is 1. The maximum Gasteiger partial charge on any atom is 0.281 e. The molecule has 2 N–H and O–H groups in total. The van der Waals surface area contributed by atoms with E-state index in [0.29, 0.717) is 26.2 Å². The lowest BCUT2D eigenvalue weighted by Crippen LogP contribution is -2.47. The van der Waals surface area contributed by atoms with E-state index in [-0.39, 0.29) is 11.9 Å². The number of aromatic nitrogens is 3. The molecule has 3 heterocycles. The number of hydrogen-bond acceptors (Lipinski definition) is 6. The normalized spacial score (nSPS) is 18.5. The van der Waals surface area contributed by atoms with Crippen molar-refractivity contribution in [1.29, 1.82) is 0 Å². The first-order valence-electron chi connectivity index (χ1n) is 9.66. The van der Waals surface area contributed by atoms with Crippen molar-refractivity contribution in [2.45, 2.75) is 39.5 Å². The lowest BCUT2D eigenvalue weighted by molar-refractivity contribution is 0.285. The van der Waals surface area contributed by atoms with E-state index in [1.807, 2.05) is 32.9 Å². The molecule has 1 fully saturated rings. The van der Waals surface area contributed by atoms with Gasteiger partial charge in [-0.3, -0.25) is 4.98 Å². The van der Waals surface area contributed by atoms with Crippen molar-refractivity contribution in [2.75, 3.05) is 31.9 Å². The molecule has 28 heavy (non-hydrogen) atoms. The van der Waals surface area contributed by atoms with Crippen LogP contribution in [0.2, 0.25) is 0 Å². The quantitative estimate of drug-likeness (QED) is 0.791. The summed E-state index contributed by atoms with van der Waals surface area (Å²) in [4.78, 5) is 12.8. The highest BCUT2D eigenvalue weighted by molar-refractivity contribution is 7.86. The van der Waals surface area contributed by atoms with E-state index in [1.165, 1.54) is 4.31 Å². The lowest BCUT2D eigenvalue weighted by atomic mass is 9.93. The highest BCUT2D eigenvalue weighted by Crippen LogP contribution is 2.31. The second kappa shape index (κ2) is 8.50. The Morgan fingerprint density at radius 3 is 2.50 bits per heavy atom. The first kappa shape index (κ1) is 20.6. The van der Waals surface area contributed by atoms with Crippen LogP contribution in [-0.2, 0) is 10.2 Å². The van der Waals surface area contributed by atoms with Crippen LogP contribution < -0.4 is 5.73 Å². The largest absolute Gasteiger partial charge is 0.368 e. The zero-order valence-corrected chi connectivity index (χ0v) is 17.5. The lowest BCUT2D eigenvalue weighted by Gasteiger charge is -2.35. The average molecular weight is 405 g/mol. The van der Waals surface area contributed by atoms with E-state index in [1.54, 1.807) is 16.7 Å². The molecule has 152 valence electrons. The monoisotopic (exact) mass is 404 g/mol. The van der Waals surface area contributed by atoms with Gasteiger partial charge in [0.25, 0.3) is 10.2 Å². The fourth-order valence-electron chi connectivity index (χ4n) is 3.66. The van der Waals surface area contributed by atoms with Crippen molar-refractivity contribution in [2.24, 2.45) is 0 Å². The Morgan fingerprint density at radius 1 is 1.18 bits per heavy atom. The summed E-state index contributed by atoms with van der Waals surface area (Å²) in [5, 5.41) is 0. The van der Waals surface area contributed by atoms with Crippen LogP contribution in [0.1, 0.15) is 44.0 Å². The van der Waals surface area contributed by atoms with Gasteiger partial charge in [0.15, 0.2) is 0 Å². The van der Waals surface area contributed by atoms with Crippen LogP contribution in [0.4, 0.5) is 5.95 Å². The van der Waals surface area contributed by atoms with E-state index >= 15 is 0 Å². The third kappa shape index (κ3) is 4.31. The maximum absolute atomic E-state index is 12.9. The predicted molar refractivity (Wildman–Crippen MR) is 110 cm³/mol. The molecule has 8 nitrogen and oxygen atoms in total. The summed E-state index contributed by atoms with van der Waals surface area (Å²) >= 11 is 0. The summed E-state index contributed by atoms with van der Waals surface area (Å²) in [6.07, 6.45) is 5.12. The van der Waals surface area contributed by atoms with Gasteiger partial charge >= 0.3 is 0 Å². The van der Waals surface area contributed by atoms with Gasteiger partial charge in [0.05, 0.1) is 0 Å². The first-order chi connectivity index (χ1) is 13.3. The molecule has 3 rings (SSSR count). The number of rotatable bonds is 6. The molecule has 2 aromatic rings. The summed E-state index contributed by atoms with van der Waals surface area (Å²) in [5.74, 6) is 0.298.